The van der Waals surface area contributed by atoms with Gasteiger partial charge >= 0.3 is 0 Å². The second-order valence-electron chi connectivity index (χ2n) is 6.58. The molecule has 0 aromatic carbocycles. The minimum Gasteiger partial charge on any atom is -0.356 e. The van der Waals surface area contributed by atoms with Crippen molar-refractivity contribution in [1.82, 2.24) is 24.6 Å². The minimum absolute atomic E-state index is 0. The summed E-state index contributed by atoms with van der Waals surface area (Å²) in [6.45, 7) is 4.58. The van der Waals surface area contributed by atoms with Crippen LogP contribution in [0, 0.1) is 0 Å². The topological polar surface area (TPSA) is 61.1 Å². The molecule has 148 valence electrons. The number of nitrogens with zero attached hydrogens (tertiary/aromatic N) is 6. The molecule has 0 spiro atoms. The zero-order chi connectivity index (χ0) is 18.5. The van der Waals surface area contributed by atoms with E-state index >= 15 is 0 Å². The molecule has 1 fully saturated rings. The van der Waals surface area contributed by atoms with E-state index in [2.05, 4.69) is 46.7 Å². The molecule has 3 aromatic rings. The Morgan fingerprint density at radius 2 is 1.93 bits per heavy atom. The largest absolute Gasteiger partial charge is 0.356 e. The standard InChI is InChI=1S/C20H25N7.HI/c1-21-20(23-10-8-17-16-27-11-5-3-7-19(27)24-17)26-14-12-25(13-15-26)18-6-2-4-9-22-18;/h2-7,9,11,16H,8,10,12-15H2,1H3,(H,21,23);1H. The molecule has 0 aliphatic carbocycles. The van der Waals surface area contributed by atoms with Crippen molar-refractivity contribution in [3.63, 3.8) is 0 Å². The van der Waals surface area contributed by atoms with Crippen LogP contribution >= 0.6 is 24.0 Å². The van der Waals surface area contributed by atoms with Gasteiger partial charge in [0.25, 0.3) is 0 Å². The van der Waals surface area contributed by atoms with Crippen LogP contribution in [0.25, 0.3) is 5.65 Å². The number of fused-ring (bicyclic) bond motifs is 1. The van der Waals surface area contributed by atoms with E-state index in [4.69, 9.17) is 0 Å². The number of hydrogen-bond acceptors (Lipinski definition) is 4. The molecule has 8 heteroatoms. The van der Waals surface area contributed by atoms with Gasteiger partial charge in [0.1, 0.15) is 11.5 Å². The van der Waals surface area contributed by atoms with E-state index in [1.807, 2.05) is 49.8 Å². The van der Waals surface area contributed by atoms with Crippen LogP contribution in [0.2, 0.25) is 0 Å². The van der Waals surface area contributed by atoms with Gasteiger partial charge in [-0.25, -0.2) is 9.97 Å². The van der Waals surface area contributed by atoms with Gasteiger partial charge in [-0.3, -0.25) is 4.99 Å². The lowest BCUT2D eigenvalue weighted by Crippen LogP contribution is -2.53. The minimum atomic E-state index is 0. The highest BCUT2D eigenvalue weighted by molar-refractivity contribution is 14.0. The van der Waals surface area contributed by atoms with Gasteiger partial charge in [0.2, 0.25) is 0 Å². The van der Waals surface area contributed by atoms with E-state index < -0.39 is 0 Å². The van der Waals surface area contributed by atoms with Crippen molar-refractivity contribution < 1.29 is 0 Å². The number of hydrogen-bond donors (Lipinski definition) is 1. The quantitative estimate of drug-likeness (QED) is 0.345. The lowest BCUT2D eigenvalue weighted by atomic mass is 10.3. The molecule has 0 unspecified atom stereocenters. The first-order valence-corrected chi connectivity index (χ1v) is 9.38. The Morgan fingerprint density at radius 1 is 1.11 bits per heavy atom. The number of aromatic nitrogens is 3. The Balaban J connectivity index is 0.00000225. The van der Waals surface area contributed by atoms with Gasteiger partial charge in [0, 0.05) is 64.8 Å². The number of halogens is 1. The van der Waals surface area contributed by atoms with Crippen molar-refractivity contribution in [2.45, 2.75) is 6.42 Å². The fourth-order valence-corrected chi connectivity index (χ4v) is 3.43. The molecular formula is C20H26IN7. The number of piperazine rings is 1. The van der Waals surface area contributed by atoms with Gasteiger partial charge in [-0.15, -0.1) is 24.0 Å². The molecule has 0 radical (unpaired) electrons. The van der Waals surface area contributed by atoms with Crippen LogP contribution in [0.1, 0.15) is 5.69 Å². The van der Waals surface area contributed by atoms with Crippen molar-refractivity contribution in [2.75, 3.05) is 44.7 Å². The van der Waals surface area contributed by atoms with Crippen LogP contribution in [0.5, 0.6) is 0 Å². The van der Waals surface area contributed by atoms with Crippen molar-refractivity contribution >= 4 is 41.4 Å². The van der Waals surface area contributed by atoms with Crippen LogP contribution in [-0.2, 0) is 6.42 Å². The molecule has 3 aromatic heterocycles. The van der Waals surface area contributed by atoms with Crippen LogP contribution in [0.3, 0.4) is 0 Å². The molecule has 0 bridgehead atoms. The summed E-state index contributed by atoms with van der Waals surface area (Å²) in [5.41, 5.74) is 2.08. The SMILES string of the molecule is CN=C(NCCc1cn2ccccc2n1)N1CCN(c2ccccn2)CC1.I. The first kappa shape index (κ1) is 20.4. The fraction of sp³-hybridized carbons (Fsp3) is 0.350. The molecule has 28 heavy (non-hydrogen) atoms. The second kappa shape index (κ2) is 9.72. The maximum Gasteiger partial charge on any atom is 0.193 e. The Kier molecular flexibility index (Phi) is 7.07. The Labute approximate surface area is 182 Å². The highest BCUT2D eigenvalue weighted by Gasteiger charge is 2.20. The number of anilines is 1. The summed E-state index contributed by atoms with van der Waals surface area (Å²) in [5.74, 6) is 2.01. The Hall–Kier alpha value is -2.36. The maximum absolute atomic E-state index is 4.65. The van der Waals surface area contributed by atoms with Crippen molar-refractivity contribution in [1.29, 1.82) is 0 Å². The number of rotatable bonds is 4. The smallest absolute Gasteiger partial charge is 0.193 e. The number of guanidine groups is 1. The number of imidazole rings is 1. The van der Waals surface area contributed by atoms with Gasteiger partial charge in [-0.05, 0) is 24.3 Å². The zero-order valence-electron chi connectivity index (χ0n) is 16.0. The second-order valence-corrected chi connectivity index (χ2v) is 6.58. The van der Waals surface area contributed by atoms with E-state index in [-0.39, 0.29) is 24.0 Å². The average Bonchev–Trinajstić information content (AvgIpc) is 3.15. The fourth-order valence-electron chi connectivity index (χ4n) is 3.43. The van der Waals surface area contributed by atoms with E-state index in [0.29, 0.717) is 0 Å². The molecule has 4 rings (SSSR count). The van der Waals surface area contributed by atoms with Crippen LogP contribution < -0.4 is 10.2 Å². The monoisotopic (exact) mass is 491 g/mol. The lowest BCUT2D eigenvalue weighted by molar-refractivity contribution is 0.372. The molecule has 4 heterocycles. The molecule has 7 nitrogen and oxygen atoms in total. The summed E-state index contributed by atoms with van der Waals surface area (Å²) < 4.78 is 2.06. The van der Waals surface area contributed by atoms with E-state index in [1.54, 1.807) is 0 Å². The van der Waals surface area contributed by atoms with E-state index in [0.717, 1.165) is 62.3 Å². The molecule has 0 saturated carbocycles. The zero-order valence-corrected chi connectivity index (χ0v) is 18.4. The van der Waals surface area contributed by atoms with Crippen LogP contribution in [-0.4, -0.2) is 65.0 Å². The van der Waals surface area contributed by atoms with Gasteiger partial charge in [0.15, 0.2) is 5.96 Å². The third kappa shape index (κ3) is 4.73. The van der Waals surface area contributed by atoms with Gasteiger partial charge in [-0.2, -0.15) is 0 Å². The Bertz CT molecular complexity index is 868. The molecule has 1 aliphatic heterocycles. The normalized spacial score (nSPS) is 14.8. The number of aliphatic imine (C=N–C) groups is 1. The molecule has 0 atom stereocenters. The summed E-state index contributed by atoms with van der Waals surface area (Å²) in [5, 5.41) is 3.48. The number of nitrogens with one attached hydrogen (secondary N) is 1. The summed E-state index contributed by atoms with van der Waals surface area (Å²) in [6.07, 6.45) is 6.83. The van der Waals surface area contributed by atoms with Crippen molar-refractivity contribution in [3.8, 4) is 0 Å². The van der Waals surface area contributed by atoms with Crippen molar-refractivity contribution in [3.05, 3.63) is 60.7 Å². The van der Waals surface area contributed by atoms with Crippen molar-refractivity contribution in [2.24, 2.45) is 4.99 Å². The highest BCUT2D eigenvalue weighted by atomic mass is 127. The predicted molar refractivity (Wildman–Crippen MR) is 124 cm³/mol. The molecule has 1 saturated heterocycles. The van der Waals surface area contributed by atoms with Gasteiger partial charge in [-0.1, -0.05) is 12.1 Å². The van der Waals surface area contributed by atoms with E-state index in [1.165, 1.54) is 0 Å². The lowest BCUT2D eigenvalue weighted by Gasteiger charge is -2.37. The molecule has 1 N–H and O–H groups in total. The highest BCUT2D eigenvalue weighted by Crippen LogP contribution is 2.12. The summed E-state index contributed by atoms with van der Waals surface area (Å²) in [6, 6.07) is 12.1. The summed E-state index contributed by atoms with van der Waals surface area (Å²) >= 11 is 0. The molecular weight excluding hydrogens is 465 g/mol. The average molecular weight is 491 g/mol. The first-order valence-electron chi connectivity index (χ1n) is 9.38. The third-order valence-electron chi connectivity index (χ3n) is 4.84. The van der Waals surface area contributed by atoms with Gasteiger partial charge < -0.3 is 19.5 Å². The Morgan fingerprint density at radius 3 is 2.64 bits per heavy atom. The predicted octanol–water partition coefficient (Wildman–Crippen LogP) is 2.29. The van der Waals surface area contributed by atoms with Crippen LogP contribution in [0.15, 0.2) is 60.0 Å². The first-order chi connectivity index (χ1) is 13.3. The summed E-state index contributed by atoms with van der Waals surface area (Å²) in [4.78, 5) is 18.2. The van der Waals surface area contributed by atoms with E-state index in [9.17, 15) is 0 Å². The maximum atomic E-state index is 4.65. The van der Waals surface area contributed by atoms with Gasteiger partial charge in [0.05, 0.1) is 5.69 Å². The summed E-state index contributed by atoms with van der Waals surface area (Å²) in [7, 11) is 1.85. The third-order valence-corrected chi connectivity index (χ3v) is 4.84. The van der Waals surface area contributed by atoms with Crippen LogP contribution in [0.4, 0.5) is 5.82 Å². The number of pyridine rings is 2. The molecule has 0 amide bonds. The molecule has 1 aliphatic rings.